The van der Waals surface area contributed by atoms with Crippen LogP contribution < -0.4 is 11.1 Å². The molecule has 0 fully saturated rings. The molecule has 0 saturated heterocycles. The summed E-state index contributed by atoms with van der Waals surface area (Å²) in [6, 6.07) is 10.1. The number of carbonyl (C=O) groups is 2. The van der Waals surface area contributed by atoms with E-state index >= 15 is 0 Å². The van der Waals surface area contributed by atoms with Gasteiger partial charge in [0, 0.05) is 12.7 Å². The number of fused-ring (bicyclic) bond motifs is 1. The van der Waals surface area contributed by atoms with Crippen LogP contribution in [0.4, 0.5) is 5.69 Å². The van der Waals surface area contributed by atoms with Crippen molar-refractivity contribution in [2.45, 2.75) is 26.0 Å². The average molecular weight is 390 g/mol. The van der Waals surface area contributed by atoms with E-state index in [0.717, 1.165) is 0 Å². The molecule has 1 atom stereocenters. The fourth-order valence-corrected chi connectivity index (χ4v) is 2.62. The normalized spacial score (nSPS) is 11.9. The summed E-state index contributed by atoms with van der Waals surface area (Å²) in [5.74, 6) is -1.71. The summed E-state index contributed by atoms with van der Waals surface area (Å²) in [7, 11) is 0. The second-order valence-electron chi connectivity index (χ2n) is 5.70. The number of nitrogens with zero attached hydrogens (tertiary/aromatic N) is 2. The molecule has 0 aliphatic carbocycles. The third kappa shape index (κ3) is 4.35. The molecule has 2 heterocycles. The number of oxazole rings is 1. The maximum Gasteiger partial charge on any atom is 0.419 e. The van der Waals surface area contributed by atoms with Crippen LogP contribution in [0.2, 0.25) is 5.15 Å². The van der Waals surface area contributed by atoms with Crippen molar-refractivity contribution in [3.8, 4) is 0 Å². The Balaban J connectivity index is 1.57. The van der Waals surface area contributed by atoms with Gasteiger partial charge in [-0.15, -0.1) is 0 Å². The van der Waals surface area contributed by atoms with E-state index in [1.807, 2.05) is 0 Å². The molecular weight excluding hydrogens is 374 g/mol. The largest absolute Gasteiger partial charge is 0.452 e. The Hall–Kier alpha value is -3.13. The first-order chi connectivity index (χ1) is 13.0. The molecule has 1 N–H and O–H groups in total. The van der Waals surface area contributed by atoms with Crippen molar-refractivity contribution >= 4 is 40.3 Å². The molecule has 140 valence electrons. The summed E-state index contributed by atoms with van der Waals surface area (Å²) in [4.78, 5) is 39.9. The minimum Gasteiger partial charge on any atom is -0.452 e. The molecule has 27 heavy (non-hydrogen) atoms. The summed E-state index contributed by atoms with van der Waals surface area (Å²) in [5.41, 5.74) is 1.35. The van der Waals surface area contributed by atoms with E-state index in [-0.39, 0.29) is 18.1 Å². The molecule has 1 amide bonds. The first-order valence-electron chi connectivity index (χ1n) is 8.15. The molecule has 0 aliphatic rings. The highest BCUT2D eigenvalue weighted by atomic mass is 35.5. The third-order valence-electron chi connectivity index (χ3n) is 3.81. The fraction of sp³-hybridized carbons (Fsp3) is 0.222. The van der Waals surface area contributed by atoms with E-state index < -0.39 is 23.7 Å². The van der Waals surface area contributed by atoms with Crippen molar-refractivity contribution in [2.24, 2.45) is 0 Å². The van der Waals surface area contributed by atoms with Crippen molar-refractivity contribution in [1.29, 1.82) is 0 Å². The minimum absolute atomic E-state index is 0.0808. The highest BCUT2D eigenvalue weighted by Gasteiger charge is 2.19. The standard InChI is InChI=1S/C18H16ClN3O5/c1-11(17(24)21-12-5-4-9-20-16(12)19)26-15(23)8-10-22-13-6-2-3-7-14(13)27-18(22)25/h2-7,9,11H,8,10H2,1H3,(H,21,24)/t11-/m0/s1. The van der Waals surface area contributed by atoms with Gasteiger partial charge in [0.25, 0.3) is 5.91 Å². The molecular formula is C18H16ClN3O5. The van der Waals surface area contributed by atoms with Gasteiger partial charge in [0.1, 0.15) is 0 Å². The van der Waals surface area contributed by atoms with E-state index in [0.29, 0.717) is 16.8 Å². The van der Waals surface area contributed by atoms with Crippen molar-refractivity contribution in [2.75, 3.05) is 5.32 Å². The van der Waals surface area contributed by atoms with E-state index in [1.165, 1.54) is 17.7 Å². The number of benzene rings is 1. The molecule has 9 heteroatoms. The first-order valence-corrected chi connectivity index (χ1v) is 8.52. The highest BCUT2D eigenvalue weighted by Crippen LogP contribution is 2.18. The molecule has 2 aromatic heterocycles. The molecule has 3 aromatic rings. The number of halogens is 1. The van der Waals surface area contributed by atoms with E-state index in [1.54, 1.807) is 36.4 Å². The SMILES string of the molecule is C[C@H](OC(=O)CCn1c(=O)oc2ccccc21)C(=O)Nc1cccnc1Cl. The van der Waals surface area contributed by atoms with Gasteiger partial charge in [-0.25, -0.2) is 9.78 Å². The molecule has 0 aliphatic heterocycles. The Labute approximate surface area is 158 Å². The summed E-state index contributed by atoms with van der Waals surface area (Å²) >= 11 is 5.87. The Kier molecular flexibility index (Phi) is 5.56. The van der Waals surface area contributed by atoms with Crippen molar-refractivity contribution in [1.82, 2.24) is 9.55 Å². The number of aromatic nitrogens is 2. The lowest BCUT2D eigenvalue weighted by molar-refractivity contribution is -0.153. The number of aryl methyl sites for hydroxylation is 1. The number of rotatable bonds is 6. The van der Waals surface area contributed by atoms with Crippen molar-refractivity contribution in [3.63, 3.8) is 0 Å². The lowest BCUT2D eigenvalue weighted by Crippen LogP contribution is -2.30. The van der Waals surface area contributed by atoms with Gasteiger partial charge in [-0.3, -0.25) is 14.2 Å². The average Bonchev–Trinajstić information content (AvgIpc) is 2.97. The van der Waals surface area contributed by atoms with Crippen molar-refractivity contribution in [3.05, 3.63) is 58.3 Å². The fourth-order valence-electron chi connectivity index (χ4n) is 2.45. The van der Waals surface area contributed by atoms with Gasteiger partial charge in [-0.05, 0) is 31.2 Å². The summed E-state index contributed by atoms with van der Waals surface area (Å²) < 4.78 is 11.6. The summed E-state index contributed by atoms with van der Waals surface area (Å²) in [6.45, 7) is 1.52. The zero-order valence-electron chi connectivity index (χ0n) is 14.3. The van der Waals surface area contributed by atoms with E-state index in [9.17, 15) is 14.4 Å². The molecule has 0 radical (unpaired) electrons. The summed E-state index contributed by atoms with van der Waals surface area (Å²) in [6.07, 6.45) is 0.365. The first kappa shape index (κ1) is 18.7. The number of hydrogen-bond donors (Lipinski definition) is 1. The Morgan fingerprint density at radius 1 is 1.30 bits per heavy atom. The Morgan fingerprint density at radius 2 is 2.07 bits per heavy atom. The monoisotopic (exact) mass is 389 g/mol. The smallest absolute Gasteiger partial charge is 0.419 e. The van der Waals surface area contributed by atoms with Gasteiger partial charge in [0.2, 0.25) is 0 Å². The molecule has 8 nitrogen and oxygen atoms in total. The zero-order valence-corrected chi connectivity index (χ0v) is 15.1. The van der Waals surface area contributed by atoms with Crippen LogP contribution in [0.3, 0.4) is 0 Å². The van der Waals surface area contributed by atoms with Gasteiger partial charge < -0.3 is 14.5 Å². The maximum atomic E-state index is 12.1. The van der Waals surface area contributed by atoms with Crippen LogP contribution in [0.25, 0.3) is 11.1 Å². The number of anilines is 1. The number of carbonyl (C=O) groups excluding carboxylic acids is 2. The van der Waals surface area contributed by atoms with E-state index in [4.69, 9.17) is 20.8 Å². The molecule has 1 aromatic carbocycles. The second-order valence-corrected chi connectivity index (χ2v) is 6.06. The van der Waals surface area contributed by atoms with Crippen LogP contribution in [0.5, 0.6) is 0 Å². The van der Waals surface area contributed by atoms with Crippen LogP contribution in [0.1, 0.15) is 13.3 Å². The molecule has 0 unspecified atom stereocenters. The van der Waals surface area contributed by atoms with Crippen LogP contribution in [0, 0.1) is 0 Å². The quantitative estimate of drug-likeness (QED) is 0.513. The number of para-hydroxylation sites is 2. The van der Waals surface area contributed by atoms with E-state index in [2.05, 4.69) is 10.3 Å². The number of ether oxygens (including phenoxy) is 1. The predicted octanol–water partition coefficient (Wildman–Crippen LogP) is 2.60. The van der Waals surface area contributed by atoms with Crippen LogP contribution >= 0.6 is 11.6 Å². The van der Waals surface area contributed by atoms with Crippen LogP contribution in [0.15, 0.2) is 51.8 Å². The lowest BCUT2D eigenvalue weighted by Gasteiger charge is -2.14. The Bertz CT molecular complexity index is 1040. The molecule has 3 rings (SSSR count). The van der Waals surface area contributed by atoms with Crippen LogP contribution in [-0.4, -0.2) is 27.5 Å². The van der Waals surface area contributed by atoms with Crippen LogP contribution in [-0.2, 0) is 20.9 Å². The maximum absolute atomic E-state index is 12.1. The lowest BCUT2D eigenvalue weighted by atomic mass is 10.3. The number of pyridine rings is 1. The molecule has 0 spiro atoms. The summed E-state index contributed by atoms with van der Waals surface area (Å²) in [5, 5.41) is 2.67. The van der Waals surface area contributed by atoms with Crippen molar-refractivity contribution < 1.29 is 18.7 Å². The highest BCUT2D eigenvalue weighted by molar-refractivity contribution is 6.32. The second kappa shape index (κ2) is 8.05. The third-order valence-corrected chi connectivity index (χ3v) is 4.11. The number of nitrogens with one attached hydrogen (secondary N) is 1. The zero-order chi connectivity index (χ0) is 19.4. The number of esters is 1. The number of amides is 1. The minimum atomic E-state index is -1.04. The van der Waals surface area contributed by atoms with Gasteiger partial charge >= 0.3 is 11.7 Å². The predicted molar refractivity (Wildman–Crippen MR) is 98.5 cm³/mol. The van der Waals surface area contributed by atoms with Gasteiger partial charge in [0.05, 0.1) is 17.6 Å². The molecule has 0 bridgehead atoms. The van der Waals surface area contributed by atoms with Gasteiger partial charge in [0.15, 0.2) is 16.8 Å². The number of hydrogen-bond acceptors (Lipinski definition) is 6. The topological polar surface area (TPSA) is 103 Å². The molecule has 0 saturated carbocycles. The van der Waals surface area contributed by atoms with Gasteiger partial charge in [-0.2, -0.15) is 0 Å². The Morgan fingerprint density at radius 3 is 2.85 bits per heavy atom. The van der Waals surface area contributed by atoms with Gasteiger partial charge in [-0.1, -0.05) is 23.7 Å².